The average Bonchev–Trinajstić information content (AvgIpc) is 2.24. The summed E-state index contributed by atoms with van der Waals surface area (Å²) in [6.45, 7) is 0. The zero-order valence-corrected chi connectivity index (χ0v) is 11.6. The van der Waals surface area contributed by atoms with Crippen LogP contribution in [0.25, 0.3) is 0 Å². The second kappa shape index (κ2) is 5.61. The third-order valence-electron chi connectivity index (χ3n) is 1.89. The first-order chi connectivity index (χ1) is 8.97. The quantitative estimate of drug-likeness (QED) is 0.322. The van der Waals surface area contributed by atoms with Crippen molar-refractivity contribution in [3.8, 4) is 5.75 Å². The first kappa shape index (κ1) is 16.8. The Balaban J connectivity index is 3.60. The van der Waals surface area contributed by atoms with Gasteiger partial charge >= 0.3 is 18.5 Å². The van der Waals surface area contributed by atoms with Crippen LogP contribution in [0, 0.1) is 3.70 Å². The van der Waals surface area contributed by atoms with E-state index in [1.165, 1.54) is 0 Å². The van der Waals surface area contributed by atoms with Crippen molar-refractivity contribution in [3.63, 3.8) is 0 Å². The molecule has 0 aromatic carbocycles. The predicted octanol–water partition coefficient (Wildman–Crippen LogP) is 3.39. The molecule has 1 aromatic rings. The highest BCUT2D eigenvalue weighted by atomic mass is 127. The van der Waals surface area contributed by atoms with Crippen molar-refractivity contribution in [2.75, 3.05) is 7.11 Å². The predicted molar refractivity (Wildman–Crippen MR) is 60.0 cm³/mol. The lowest BCUT2D eigenvalue weighted by molar-refractivity contribution is -0.276. The fourth-order valence-electron chi connectivity index (χ4n) is 1.20. The molecule has 0 fully saturated rings. The average molecular weight is 415 g/mol. The molecule has 0 aliphatic rings. The summed E-state index contributed by atoms with van der Waals surface area (Å²) in [5, 5.41) is 0. The van der Waals surface area contributed by atoms with Gasteiger partial charge in [0.25, 0.3) is 0 Å². The van der Waals surface area contributed by atoms with E-state index in [0.717, 1.165) is 29.7 Å². The molecule has 0 aliphatic heterocycles. The van der Waals surface area contributed by atoms with Crippen LogP contribution in [0.2, 0.25) is 0 Å². The lowest BCUT2D eigenvalue weighted by atomic mass is 10.1. The molecule has 0 saturated heterocycles. The summed E-state index contributed by atoms with van der Waals surface area (Å²) in [6.07, 6.45) is -10.1. The number of carbonyl (C=O) groups excluding carboxylic acids is 1. The van der Waals surface area contributed by atoms with Crippen molar-refractivity contribution in [2.45, 2.75) is 12.5 Å². The Labute approximate surface area is 121 Å². The van der Waals surface area contributed by atoms with Crippen LogP contribution in [0.15, 0.2) is 6.20 Å². The molecule has 1 aromatic heterocycles. The Bertz CT molecular complexity index is 528. The van der Waals surface area contributed by atoms with Gasteiger partial charge in [-0.3, -0.25) is 0 Å². The molecule has 1 heterocycles. The van der Waals surface area contributed by atoms with Crippen molar-refractivity contribution in [1.82, 2.24) is 4.98 Å². The molecule has 20 heavy (non-hydrogen) atoms. The molecular weight excluding hydrogens is 411 g/mol. The molecule has 0 aliphatic carbocycles. The maximum Gasteiger partial charge on any atom is 0.573 e. The summed E-state index contributed by atoms with van der Waals surface area (Å²) < 4.78 is 81.7. The summed E-state index contributed by atoms with van der Waals surface area (Å²) in [5.74, 6) is -3.12. The number of methoxy groups -OCH3 is 1. The van der Waals surface area contributed by atoms with Gasteiger partial charge in [0.2, 0.25) is 0 Å². The maximum absolute atomic E-state index is 12.8. The van der Waals surface area contributed by atoms with E-state index in [4.69, 9.17) is 0 Å². The van der Waals surface area contributed by atoms with Crippen LogP contribution < -0.4 is 4.74 Å². The number of aromatic nitrogens is 1. The number of nitrogens with zero attached hydrogens (tertiary/aromatic N) is 1. The fourth-order valence-corrected chi connectivity index (χ4v) is 1.89. The summed E-state index contributed by atoms with van der Waals surface area (Å²) in [6, 6.07) is 0. The lowest BCUT2D eigenvalue weighted by Gasteiger charge is -2.18. The standard InChI is InChI=1S/C9H4F6INO3/c1-19-7(18)3-2-17-6(16)4(8(10,11)12)5(3)20-9(13,14)15/h2H,1H3. The third kappa shape index (κ3) is 3.86. The van der Waals surface area contributed by atoms with Gasteiger partial charge in [0.05, 0.1) is 7.11 Å². The Morgan fingerprint density at radius 3 is 2.20 bits per heavy atom. The molecule has 1 rings (SSSR count). The summed E-state index contributed by atoms with van der Waals surface area (Å²) in [7, 11) is 0.797. The van der Waals surface area contributed by atoms with Crippen LogP contribution >= 0.6 is 22.6 Å². The Morgan fingerprint density at radius 1 is 1.25 bits per heavy atom. The highest BCUT2D eigenvalue weighted by Crippen LogP contribution is 2.42. The maximum atomic E-state index is 12.8. The molecule has 0 amide bonds. The SMILES string of the molecule is COC(=O)c1cnc(I)c(C(F)(F)F)c1OC(F)(F)F. The van der Waals surface area contributed by atoms with Crippen LogP contribution in [-0.2, 0) is 10.9 Å². The molecule has 0 N–H and O–H groups in total. The van der Waals surface area contributed by atoms with Crippen molar-refractivity contribution >= 4 is 28.6 Å². The van der Waals surface area contributed by atoms with Crippen molar-refractivity contribution in [3.05, 3.63) is 21.0 Å². The van der Waals surface area contributed by atoms with Crippen LogP contribution in [0.1, 0.15) is 15.9 Å². The van der Waals surface area contributed by atoms with E-state index in [-0.39, 0.29) is 0 Å². The number of ether oxygens (including phenoxy) is 2. The number of carbonyl (C=O) groups is 1. The van der Waals surface area contributed by atoms with E-state index in [9.17, 15) is 31.1 Å². The monoisotopic (exact) mass is 415 g/mol. The van der Waals surface area contributed by atoms with Crippen molar-refractivity contribution in [1.29, 1.82) is 0 Å². The second-order valence-corrected chi connectivity index (χ2v) is 4.23. The third-order valence-corrected chi connectivity index (χ3v) is 2.71. The second-order valence-electron chi connectivity index (χ2n) is 3.20. The number of esters is 1. The molecule has 0 unspecified atom stereocenters. The largest absolute Gasteiger partial charge is 0.573 e. The summed E-state index contributed by atoms with van der Waals surface area (Å²) in [5.41, 5.74) is -2.86. The molecule has 0 spiro atoms. The summed E-state index contributed by atoms with van der Waals surface area (Å²) in [4.78, 5) is 14.5. The van der Waals surface area contributed by atoms with E-state index in [1.807, 2.05) is 0 Å². The fraction of sp³-hybridized carbons (Fsp3) is 0.333. The van der Waals surface area contributed by atoms with Gasteiger partial charge in [-0.2, -0.15) is 13.2 Å². The smallest absolute Gasteiger partial charge is 0.465 e. The molecule has 0 radical (unpaired) electrons. The molecule has 0 saturated carbocycles. The zero-order chi connectivity index (χ0) is 15.7. The van der Waals surface area contributed by atoms with Crippen LogP contribution in [-0.4, -0.2) is 24.4 Å². The van der Waals surface area contributed by atoms with Gasteiger partial charge in [0.1, 0.15) is 14.8 Å². The number of alkyl halides is 6. The van der Waals surface area contributed by atoms with E-state index < -0.39 is 39.1 Å². The Hall–Kier alpha value is -1.27. The van der Waals surface area contributed by atoms with Gasteiger partial charge in [-0.05, 0) is 22.6 Å². The minimum Gasteiger partial charge on any atom is -0.465 e. The Morgan fingerprint density at radius 2 is 1.80 bits per heavy atom. The van der Waals surface area contributed by atoms with Gasteiger partial charge in [0, 0.05) is 6.20 Å². The van der Waals surface area contributed by atoms with E-state index in [1.54, 1.807) is 0 Å². The van der Waals surface area contributed by atoms with Gasteiger partial charge in [-0.1, -0.05) is 0 Å². The molecular formula is C9H4F6INO3. The van der Waals surface area contributed by atoms with Gasteiger partial charge in [-0.25, -0.2) is 9.78 Å². The van der Waals surface area contributed by atoms with Crippen molar-refractivity contribution in [2.24, 2.45) is 0 Å². The lowest BCUT2D eigenvalue weighted by Crippen LogP contribution is -2.24. The number of pyridine rings is 1. The molecule has 0 atom stereocenters. The topological polar surface area (TPSA) is 48.4 Å². The number of rotatable bonds is 2. The molecule has 0 bridgehead atoms. The van der Waals surface area contributed by atoms with Crippen LogP contribution in [0.3, 0.4) is 0 Å². The Kier molecular flexibility index (Phi) is 4.71. The van der Waals surface area contributed by atoms with Gasteiger partial charge in [-0.15, -0.1) is 13.2 Å². The molecule has 11 heteroatoms. The van der Waals surface area contributed by atoms with Crippen molar-refractivity contribution < 1.29 is 40.6 Å². The number of hydrogen-bond donors (Lipinski definition) is 0. The number of halogens is 7. The molecule has 4 nitrogen and oxygen atoms in total. The highest BCUT2D eigenvalue weighted by molar-refractivity contribution is 14.1. The van der Waals surface area contributed by atoms with E-state index in [0.29, 0.717) is 6.20 Å². The van der Waals surface area contributed by atoms with Crippen LogP contribution in [0.4, 0.5) is 26.3 Å². The highest BCUT2D eigenvalue weighted by Gasteiger charge is 2.44. The van der Waals surface area contributed by atoms with Crippen LogP contribution in [0.5, 0.6) is 5.75 Å². The zero-order valence-electron chi connectivity index (χ0n) is 9.40. The van der Waals surface area contributed by atoms with Gasteiger partial charge in [0.15, 0.2) is 5.75 Å². The first-order valence-corrected chi connectivity index (χ1v) is 5.65. The molecule has 112 valence electrons. The van der Waals surface area contributed by atoms with E-state index in [2.05, 4.69) is 14.5 Å². The first-order valence-electron chi connectivity index (χ1n) is 4.57. The summed E-state index contributed by atoms with van der Waals surface area (Å²) >= 11 is 1.08. The minimum atomic E-state index is -5.41. The van der Waals surface area contributed by atoms with Gasteiger partial charge < -0.3 is 9.47 Å². The number of hydrogen-bond acceptors (Lipinski definition) is 4. The minimum absolute atomic E-state index is 0.518. The van der Waals surface area contributed by atoms with E-state index >= 15 is 0 Å². The normalized spacial score (nSPS) is 12.2.